The van der Waals surface area contributed by atoms with Gasteiger partial charge in [-0.3, -0.25) is 0 Å². The molecule has 0 spiro atoms. The Bertz CT molecular complexity index is 871. The van der Waals surface area contributed by atoms with E-state index in [1.807, 2.05) is 42.5 Å². The third-order valence-corrected chi connectivity index (χ3v) is 4.10. The summed E-state index contributed by atoms with van der Waals surface area (Å²) in [5.74, 6) is -0.265. The molecule has 22 heavy (non-hydrogen) atoms. The molecule has 1 heterocycles. The molecule has 0 aromatic heterocycles. The van der Waals surface area contributed by atoms with Crippen molar-refractivity contribution in [1.82, 2.24) is 5.32 Å². The Balaban J connectivity index is 2.33. The lowest BCUT2D eigenvalue weighted by atomic mass is 9.82. The average molecular weight is 304 g/mol. The van der Waals surface area contributed by atoms with Gasteiger partial charge in [-0.2, -0.15) is 10.5 Å². The fourth-order valence-corrected chi connectivity index (χ4v) is 3.05. The second-order valence-corrected chi connectivity index (χ2v) is 5.39. The molecule has 0 aliphatic carbocycles. The molecule has 0 amide bonds. The quantitative estimate of drug-likeness (QED) is 0.707. The molecule has 2 aromatic carbocycles. The van der Waals surface area contributed by atoms with E-state index in [2.05, 4.69) is 30.1 Å². The van der Waals surface area contributed by atoms with Crippen LogP contribution in [0.4, 0.5) is 0 Å². The first kappa shape index (κ1) is 14.1. The predicted molar refractivity (Wildman–Crippen MR) is 88.3 cm³/mol. The van der Waals surface area contributed by atoms with E-state index in [9.17, 15) is 10.5 Å². The van der Waals surface area contributed by atoms with Gasteiger partial charge in [0.05, 0.1) is 34.2 Å². The molecule has 2 aromatic rings. The van der Waals surface area contributed by atoms with Crippen molar-refractivity contribution < 1.29 is 0 Å². The van der Waals surface area contributed by atoms with Crippen molar-refractivity contribution in [1.29, 1.82) is 10.5 Å². The van der Waals surface area contributed by atoms with Crippen molar-refractivity contribution in [2.24, 2.45) is 5.73 Å². The van der Waals surface area contributed by atoms with E-state index >= 15 is 0 Å². The van der Waals surface area contributed by atoms with E-state index < -0.39 is 5.92 Å². The predicted octanol–water partition coefficient (Wildman–Crippen LogP) is 2.89. The van der Waals surface area contributed by atoms with Gasteiger partial charge in [-0.05, 0) is 16.3 Å². The van der Waals surface area contributed by atoms with Crippen molar-refractivity contribution in [3.05, 3.63) is 70.0 Å². The molecule has 3 rings (SSSR count). The molecule has 5 heteroatoms. The zero-order valence-electron chi connectivity index (χ0n) is 11.5. The SMILES string of the molecule is N#CC1=C(N)NC(S)=C(C#N)[C@H]1c1cccc2ccccc12. The molecule has 3 N–H and O–H groups in total. The lowest BCUT2D eigenvalue weighted by molar-refractivity contribution is 0.846. The second kappa shape index (κ2) is 5.48. The normalized spacial score (nSPS) is 17.9. The van der Waals surface area contributed by atoms with Gasteiger partial charge >= 0.3 is 0 Å². The summed E-state index contributed by atoms with van der Waals surface area (Å²) < 4.78 is 0. The van der Waals surface area contributed by atoms with E-state index in [1.54, 1.807) is 0 Å². The Morgan fingerprint density at radius 2 is 1.68 bits per heavy atom. The van der Waals surface area contributed by atoms with E-state index in [0.29, 0.717) is 16.2 Å². The minimum atomic E-state index is -0.505. The highest BCUT2D eigenvalue weighted by molar-refractivity contribution is 7.84. The molecule has 0 bridgehead atoms. The molecule has 4 nitrogen and oxygen atoms in total. The van der Waals surface area contributed by atoms with Gasteiger partial charge in [0.15, 0.2) is 0 Å². The van der Waals surface area contributed by atoms with Gasteiger partial charge in [-0.15, -0.1) is 12.6 Å². The van der Waals surface area contributed by atoms with Crippen LogP contribution >= 0.6 is 12.6 Å². The molecule has 0 saturated carbocycles. The highest BCUT2D eigenvalue weighted by Crippen LogP contribution is 2.39. The maximum Gasteiger partial charge on any atom is 0.116 e. The van der Waals surface area contributed by atoms with Crippen molar-refractivity contribution in [3.63, 3.8) is 0 Å². The Kier molecular flexibility index (Phi) is 3.50. The number of nitrogens with zero attached hydrogens (tertiary/aromatic N) is 2. The van der Waals surface area contributed by atoms with Crippen LogP contribution in [0.5, 0.6) is 0 Å². The van der Waals surface area contributed by atoms with Gasteiger partial charge in [0, 0.05) is 0 Å². The standard InChI is InChI=1S/C17H12N4S/c18-8-13-15(14(9-19)17(22)21-16(13)20)12-7-3-5-10-4-1-2-6-11(10)12/h1-7,15,21-22H,20H2/t15-/m0/s1. The third-order valence-electron chi connectivity index (χ3n) is 3.75. The van der Waals surface area contributed by atoms with E-state index in [1.165, 1.54) is 0 Å². The zero-order chi connectivity index (χ0) is 15.7. The lowest BCUT2D eigenvalue weighted by Gasteiger charge is -2.26. The first-order valence-electron chi connectivity index (χ1n) is 6.65. The van der Waals surface area contributed by atoms with Crippen molar-refractivity contribution >= 4 is 23.4 Å². The summed E-state index contributed by atoms with van der Waals surface area (Å²) >= 11 is 4.30. The minimum absolute atomic E-state index is 0.240. The van der Waals surface area contributed by atoms with Crippen molar-refractivity contribution in [2.45, 2.75) is 5.92 Å². The smallest absolute Gasteiger partial charge is 0.116 e. The molecule has 1 atom stereocenters. The average Bonchev–Trinajstić information content (AvgIpc) is 2.54. The van der Waals surface area contributed by atoms with Gasteiger partial charge in [0.1, 0.15) is 5.82 Å². The number of allylic oxidation sites excluding steroid dienone is 2. The molecule has 106 valence electrons. The number of rotatable bonds is 1. The summed E-state index contributed by atoms with van der Waals surface area (Å²) in [7, 11) is 0. The van der Waals surface area contributed by atoms with Crippen LogP contribution in [0, 0.1) is 22.7 Å². The molecule has 0 fully saturated rings. The minimum Gasteiger partial charge on any atom is -0.384 e. The summed E-state index contributed by atoms with van der Waals surface area (Å²) in [6, 6.07) is 18.0. The number of dihydropyridines is 1. The van der Waals surface area contributed by atoms with Crippen LogP contribution in [0.25, 0.3) is 10.8 Å². The molecule has 0 unspecified atom stereocenters. The summed E-state index contributed by atoms with van der Waals surface area (Å²) in [6.45, 7) is 0. The van der Waals surface area contributed by atoms with Crippen molar-refractivity contribution in [2.75, 3.05) is 0 Å². The van der Waals surface area contributed by atoms with Crippen LogP contribution in [-0.4, -0.2) is 0 Å². The molecule has 0 radical (unpaired) electrons. The van der Waals surface area contributed by atoms with Crippen LogP contribution in [0.3, 0.4) is 0 Å². The summed E-state index contributed by atoms with van der Waals surface area (Å²) in [5, 5.41) is 24.2. The van der Waals surface area contributed by atoms with Crippen molar-refractivity contribution in [3.8, 4) is 12.1 Å². The van der Waals surface area contributed by atoms with Crippen LogP contribution in [-0.2, 0) is 0 Å². The van der Waals surface area contributed by atoms with Gasteiger partial charge in [-0.25, -0.2) is 0 Å². The highest BCUT2D eigenvalue weighted by atomic mass is 32.1. The molecule has 1 aliphatic heterocycles. The maximum atomic E-state index is 9.50. The number of nitriles is 2. The summed E-state index contributed by atoms with van der Waals surface area (Å²) in [5.41, 5.74) is 7.53. The number of fused-ring (bicyclic) bond motifs is 1. The topological polar surface area (TPSA) is 85.6 Å². The van der Waals surface area contributed by atoms with E-state index in [-0.39, 0.29) is 5.82 Å². The third kappa shape index (κ3) is 2.09. The first-order chi connectivity index (χ1) is 10.7. The number of thiol groups is 1. The Hall–Kier alpha value is -2.89. The number of hydrogen-bond acceptors (Lipinski definition) is 5. The molecular weight excluding hydrogens is 292 g/mol. The van der Waals surface area contributed by atoms with Crippen LogP contribution < -0.4 is 11.1 Å². The lowest BCUT2D eigenvalue weighted by Crippen LogP contribution is -2.28. The van der Waals surface area contributed by atoms with Crippen LogP contribution in [0.2, 0.25) is 0 Å². The van der Waals surface area contributed by atoms with Gasteiger partial charge in [0.25, 0.3) is 0 Å². The van der Waals surface area contributed by atoms with Crippen LogP contribution in [0.1, 0.15) is 11.5 Å². The zero-order valence-corrected chi connectivity index (χ0v) is 12.4. The molecular formula is C17H12N4S. The van der Waals surface area contributed by atoms with Gasteiger partial charge in [-0.1, -0.05) is 42.5 Å². The monoisotopic (exact) mass is 304 g/mol. The summed E-state index contributed by atoms with van der Waals surface area (Å²) in [6.07, 6.45) is 0. The number of nitrogens with one attached hydrogen (secondary N) is 1. The maximum absolute atomic E-state index is 9.50. The Morgan fingerprint density at radius 3 is 2.41 bits per heavy atom. The first-order valence-corrected chi connectivity index (χ1v) is 7.09. The Labute approximate surface area is 133 Å². The fraction of sp³-hybridized carbons (Fsp3) is 0.0588. The largest absolute Gasteiger partial charge is 0.384 e. The van der Waals surface area contributed by atoms with E-state index in [4.69, 9.17) is 5.73 Å². The molecule has 1 aliphatic rings. The van der Waals surface area contributed by atoms with Gasteiger partial charge < -0.3 is 11.1 Å². The van der Waals surface area contributed by atoms with E-state index in [0.717, 1.165) is 16.3 Å². The summed E-state index contributed by atoms with van der Waals surface area (Å²) in [4.78, 5) is 0. The highest BCUT2D eigenvalue weighted by Gasteiger charge is 2.31. The second-order valence-electron chi connectivity index (χ2n) is 4.94. The number of nitrogens with two attached hydrogens (primary N) is 1. The molecule has 0 saturated heterocycles. The number of hydrogen-bond donors (Lipinski definition) is 3. The van der Waals surface area contributed by atoms with Gasteiger partial charge in [0.2, 0.25) is 0 Å². The van der Waals surface area contributed by atoms with Crippen LogP contribution in [0.15, 0.2) is 64.5 Å². The fourth-order valence-electron chi connectivity index (χ4n) is 2.75. The number of benzene rings is 2. The Morgan fingerprint density at radius 1 is 1.00 bits per heavy atom.